The summed E-state index contributed by atoms with van der Waals surface area (Å²) >= 11 is 0. The summed E-state index contributed by atoms with van der Waals surface area (Å²) in [6, 6.07) is 14.1. The Bertz CT molecular complexity index is 1740. The Hall–Kier alpha value is -4.26. The van der Waals surface area contributed by atoms with E-state index in [1.165, 1.54) is 42.6 Å². The van der Waals surface area contributed by atoms with E-state index in [2.05, 4.69) is 15.6 Å². The average Bonchev–Trinajstić information content (AvgIpc) is 3.82. The molecule has 236 valence electrons. The first-order chi connectivity index (χ1) is 21.7. The van der Waals surface area contributed by atoms with Gasteiger partial charge >= 0.3 is 35.5 Å². The van der Waals surface area contributed by atoms with Crippen molar-refractivity contribution in [1.29, 1.82) is 0 Å². The van der Waals surface area contributed by atoms with Gasteiger partial charge in [-0.3, -0.25) is 19.4 Å². The number of halogens is 2. The van der Waals surface area contributed by atoms with Gasteiger partial charge < -0.3 is 31.4 Å². The molecular formula is C33H32F2N3NaO7. The Kier molecular flexibility index (Phi) is 11.5. The number of nitrogens with one attached hydrogen (secondary N) is 2. The van der Waals surface area contributed by atoms with Gasteiger partial charge in [0.05, 0.1) is 18.7 Å². The molecule has 0 unspecified atom stereocenters. The van der Waals surface area contributed by atoms with Gasteiger partial charge in [0.2, 0.25) is 11.8 Å². The van der Waals surface area contributed by atoms with Gasteiger partial charge in [0, 0.05) is 41.5 Å². The van der Waals surface area contributed by atoms with Crippen molar-refractivity contribution >= 4 is 40.1 Å². The normalized spacial score (nSPS) is 12.8. The number of carboxylic acid groups (broad SMARTS) is 1. The smallest absolute Gasteiger partial charge is 1.00 e. The molecule has 1 aliphatic rings. The minimum Gasteiger partial charge on any atom is -1.00 e. The average molecular weight is 644 g/mol. The standard InChI is InChI=1S/C33H31F2N3O7.Na.H/c1-2-43-28-18-23-25(19-29(28)44-16-4-3-5-30(39)40)36-15-12-26(23)45-27-11-10-22(17-24(27)35)38-32(42)33(13-14-33)31(41)37-21-8-6-20(34)7-9-21;;/h6-12,15,17-19H,2-5,13-14,16H2,1H3,(H,37,41)(H,38,42)(H,39,40);;/q;+1;-1. The maximum Gasteiger partial charge on any atom is 1.00 e. The third kappa shape index (κ3) is 8.31. The molecule has 4 aromatic rings. The minimum absolute atomic E-state index is 0. The van der Waals surface area contributed by atoms with Crippen LogP contribution in [0.25, 0.3) is 10.9 Å². The topological polar surface area (TPSA) is 136 Å². The minimum atomic E-state index is -1.30. The molecule has 10 nitrogen and oxygen atoms in total. The zero-order chi connectivity index (χ0) is 32.0. The molecule has 0 atom stereocenters. The number of aromatic nitrogens is 1. The van der Waals surface area contributed by atoms with Crippen molar-refractivity contribution in [2.45, 2.75) is 39.0 Å². The molecule has 3 N–H and O–H groups in total. The summed E-state index contributed by atoms with van der Waals surface area (Å²) in [5.41, 5.74) is -0.278. The summed E-state index contributed by atoms with van der Waals surface area (Å²) in [6.07, 6.45) is 3.24. The van der Waals surface area contributed by atoms with Gasteiger partial charge in [-0.05, 0) is 81.1 Å². The van der Waals surface area contributed by atoms with Gasteiger partial charge in [-0.15, -0.1) is 0 Å². The predicted molar refractivity (Wildman–Crippen MR) is 163 cm³/mol. The maximum atomic E-state index is 15.2. The van der Waals surface area contributed by atoms with Crippen LogP contribution in [0.4, 0.5) is 20.2 Å². The van der Waals surface area contributed by atoms with Crippen LogP contribution < -0.4 is 54.4 Å². The maximum absolute atomic E-state index is 15.2. The van der Waals surface area contributed by atoms with Crippen LogP contribution in [0.5, 0.6) is 23.0 Å². The third-order valence-corrected chi connectivity index (χ3v) is 7.24. The molecule has 0 radical (unpaired) electrons. The summed E-state index contributed by atoms with van der Waals surface area (Å²) in [5, 5.41) is 14.6. The zero-order valence-electron chi connectivity index (χ0n) is 26.4. The second kappa shape index (κ2) is 15.4. The largest absolute Gasteiger partial charge is 1.00 e. The monoisotopic (exact) mass is 643 g/mol. The summed E-state index contributed by atoms with van der Waals surface area (Å²) in [5.74, 6) is -2.08. The molecule has 0 bridgehead atoms. The molecule has 0 saturated heterocycles. The number of carbonyl (C=O) groups is 3. The Morgan fingerprint density at radius 1 is 0.870 bits per heavy atom. The van der Waals surface area contributed by atoms with Crippen molar-refractivity contribution in [2.75, 3.05) is 23.8 Å². The van der Waals surface area contributed by atoms with Crippen LogP contribution in [-0.2, 0) is 14.4 Å². The molecule has 0 spiro atoms. The number of benzene rings is 3. The number of hydrogen-bond acceptors (Lipinski definition) is 7. The van der Waals surface area contributed by atoms with Crippen molar-refractivity contribution in [3.05, 3.63) is 78.5 Å². The molecule has 46 heavy (non-hydrogen) atoms. The molecule has 5 rings (SSSR count). The molecule has 3 aromatic carbocycles. The van der Waals surface area contributed by atoms with Crippen LogP contribution in [0.1, 0.15) is 40.5 Å². The number of fused-ring (bicyclic) bond motifs is 1. The van der Waals surface area contributed by atoms with Gasteiger partial charge in [0.1, 0.15) is 17.0 Å². The number of unbranched alkanes of at least 4 members (excludes halogenated alkanes) is 1. The summed E-state index contributed by atoms with van der Waals surface area (Å²) in [6.45, 7) is 2.47. The second-order valence-corrected chi connectivity index (χ2v) is 10.5. The molecule has 13 heteroatoms. The quantitative estimate of drug-likeness (QED) is 0.107. The number of pyridine rings is 1. The zero-order valence-corrected chi connectivity index (χ0v) is 27.4. The van der Waals surface area contributed by atoms with E-state index in [4.69, 9.17) is 19.3 Å². The fraction of sp³-hybridized carbons (Fsp3) is 0.273. The number of carbonyl (C=O) groups excluding carboxylic acids is 2. The van der Waals surface area contributed by atoms with Crippen LogP contribution in [0.15, 0.2) is 66.9 Å². The number of anilines is 2. The Balaban J connectivity index is 0.00000300. The van der Waals surface area contributed by atoms with Crippen molar-refractivity contribution in [1.82, 2.24) is 4.98 Å². The van der Waals surface area contributed by atoms with Crippen molar-refractivity contribution in [3.8, 4) is 23.0 Å². The van der Waals surface area contributed by atoms with Gasteiger partial charge in [-0.25, -0.2) is 8.78 Å². The molecule has 1 aromatic heterocycles. The molecule has 1 saturated carbocycles. The van der Waals surface area contributed by atoms with E-state index in [9.17, 15) is 18.8 Å². The number of hydrogen-bond donors (Lipinski definition) is 3. The fourth-order valence-electron chi connectivity index (χ4n) is 4.66. The molecule has 0 aliphatic heterocycles. The molecular weight excluding hydrogens is 611 g/mol. The van der Waals surface area contributed by atoms with E-state index >= 15 is 4.39 Å². The molecule has 1 aliphatic carbocycles. The molecule has 1 heterocycles. The number of nitrogens with zero attached hydrogens (tertiary/aromatic N) is 1. The van der Waals surface area contributed by atoms with Gasteiger partial charge in [0.25, 0.3) is 0 Å². The Morgan fingerprint density at radius 3 is 2.20 bits per heavy atom. The Labute approximate surface area is 287 Å². The van der Waals surface area contributed by atoms with E-state index in [1.807, 2.05) is 6.92 Å². The van der Waals surface area contributed by atoms with E-state index in [0.717, 1.165) is 6.07 Å². The number of amides is 2. The first kappa shape index (κ1) is 34.6. The van der Waals surface area contributed by atoms with Crippen molar-refractivity contribution in [3.63, 3.8) is 0 Å². The molecule has 2 amide bonds. The van der Waals surface area contributed by atoms with Crippen LogP contribution in [0, 0.1) is 17.0 Å². The Morgan fingerprint density at radius 2 is 1.54 bits per heavy atom. The number of aliphatic carboxylic acids is 1. The number of rotatable bonds is 14. The van der Waals surface area contributed by atoms with Crippen LogP contribution in [-0.4, -0.2) is 41.1 Å². The van der Waals surface area contributed by atoms with Crippen molar-refractivity contribution < 1.29 is 73.5 Å². The first-order valence-electron chi connectivity index (χ1n) is 14.4. The predicted octanol–water partition coefficient (Wildman–Crippen LogP) is 3.81. The summed E-state index contributed by atoms with van der Waals surface area (Å²) < 4.78 is 45.9. The van der Waals surface area contributed by atoms with E-state index < -0.39 is 34.8 Å². The second-order valence-electron chi connectivity index (χ2n) is 10.5. The molecule has 1 fully saturated rings. The van der Waals surface area contributed by atoms with Gasteiger partial charge in [-0.2, -0.15) is 0 Å². The SMILES string of the molecule is CCOc1cc2c(Oc3ccc(NC(=O)C4(C(=O)Nc5ccc(F)cc5)CC4)cc3F)ccnc2cc1OCCCCC(=O)O.[H-].[Na+]. The van der Waals surface area contributed by atoms with E-state index in [-0.39, 0.29) is 48.8 Å². The van der Waals surface area contributed by atoms with Crippen LogP contribution in [0.3, 0.4) is 0 Å². The van der Waals surface area contributed by atoms with E-state index in [0.29, 0.717) is 72.7 Å². The number of carboxylic acids is 1. The van der Waals surface area contributed by atoms with Crippen LogP contribution in [0.2, 0.25) is 0 Å². The van der Waals surface area contributed by atoms with E-state index in [1.54, 1.807) is 18.2 Å². The number of ether oxygens (including phenoxy) is 3. The van der Waals surface area contributed by atoms with Gasteiger partial charge in [-0.1, -0.05) is 0 Å². The first-order valence-corrected chi connectivity index (χ1v) is 14.4. The summed E-state index contributed by atoms with van der Waals surface area (Å²) in [7, 11) is 0. The van der Waals surface area contributed by atoms with Crippen LogP contribution >= 0.6 is 0 Å². The summed E-state index contributed by atoms with van der Waals surface area (Å²) in [4.78, 5) is 41.0. The van der Waals surface area contributed by atoms with Crippen molar-refractivity contribution in [2.24, 2.45) is 5.41 Å². The fourth-order valence-corrected chi connectivity index (χ4v) is 4.66. The van der Waals surface area contributed by atoms with Gasteiger partial charge in [0.15, 0.2) is 23.1 Å². The third-order valence-electron chi connectivity index (χ3n) is 7.24.